The number of rotatable bonds is 7. The molecule has 0 aromatic heterocycles. The molecule has 122 valence electrons. The monoisotopic (exact) mass is 296 g/mol. The molecule has 2 fully saturated rings. The van der Waals surface area contributed by atoms with Gasteiger partial charge in [-0.25, -0.2) is 0 Å². The molecule has 21 heavy (non-hydrogen) atoms. The molecule has 1 aliphatic heterocycles. The van der Waals surface area contributed by atoms with E-state index in [1.165, 1.54) is 32.1 Å². The summed E-state index contributed by atoms with van der Waals surface area (Å²) in [5, 5.41) is 3.26. The first-order valence-corrected chi connectivity index (χ1v) is 8.87. The molecule has 1 heterocycles. The van der Waals surface area contributed by atoms with Gasteiger partial charge in [0.25, 0.3) is 0 Å². The summed E-state index contributed by atoms with van der Waals surface area (Å²) in [6.45, 7) is 6.86. The summed E-state index contributed by atoms with van der Waals surface area (Å²) in [5.41, 5.74) is 0. The van der Waals surface area contributed by atoms with Crippen LogP contribution in [0.3, 0.4) is 0 Å². The summed E-state index contributed by atoms with van der Waals surface area (Å²) in [5.74, 6) is 0.930. The Morgan fingerprint density at radius 2 is 1.86 bits per heavy atom. The van der Waals surface area contributed by atoms with E-state index >= 15 is 0 Å². The average molecular weight is 296 g/mol. The Labute approximate surface area is 129 Å². The lowest BCUT2D eigenvalue weighted by Crippen LogP contribution is -2.45. The van der Waals surface area contributed by atoms with E-state index in [0.29, 0.717) is 12.0 Å². The summed E-state index contributed by atoms with van der Waals surface area (Å²) in [6, 6.07) is 0.393. The van der Waals surface area contributed by atoms with Crippen LogP contribution in [0, 0.1) is 5.92 Å². The smallest absolute Gasteiger partial charge is 0.220 e. The van der Waals surface area contributed by atoms with Crippen LogP contribution in [-0.4, -0.2) is 49.7 Å². The maximum Gasteiger partial charge on any atom is 0.220 e. The third-order valence-corrected chi connectivity index (χ3v) is 4.91. The number of ether oxygens (including phenoxy) is 1. The van der Waals surface area contributed by atoms with E-state index in [1.54, 1.807) is 0 Å². The van der Waals surface area contributed by atoms with Gasteiger partial charge in [0.2, 0.25) is 5.91 Å². The van der Waals surface area contributed by atoms with Gasteiger partial charge in [-0.05, 0) is 38.5 Å². The van der Waals surface area contributed by atoms with Crippen LogP contribution in [0.25, 0.3) is 0 Å². The molecule has 1 N–H and O–H groups in total. The van der Waals surface area contributed by atoms with Gasteiger partial charge in [-0.1, -0.05) is 19.3 Å². The van der Waals surface area contributed by atoms with Crippen molar-refractivity contribution in [3.05, 3.63) is 0 Å². The number of carbonyl (C=O) groups is 1. The molecular formula is C17H32N2O2. The zero-order valence-corrected chi connectivity index (χ0v) is 13.6. The van der Waals surface area contributed by atoms with Crippen LogP contribution in [0.2, 0.25) is 0 Å². The molecule has 0 spiro atoms. The highest BCUT2D eigenvalue weighted by Crippen LogP contribution is 2.26. The van der Waals surface area contributed by atoms with E-state index in [1.807, 2.05) is 6.92 Å². The molecule has 2 aliphatic rings. The highest BCUT2D eigenvalue weighted by Gasteiger charge is 2.22. The van der Waals surface area contributed by atoms with E-state index in [0.717, 1.165) is 52.1 Å². The minimum atomic E-state index is 0.287. The van der Waals surface area contributed by atoms with Crippen molar-refractivity contribution < 1.29 is 9.53 Å². The highest BCUT2D eigenvalue weighted by molar-refractivity contribution is 5.76. The molecule has 1 saturated carbocycles. The van der Waals surface area contributed by atoms with Crippen molar-refractivity contribution >= 4 is 5.91 Å². The van der Waals surface area contributed by atoms with Crippen LogP contribution in [0.15, 0.2) is 0 Å². The van der Waals surface area contributed by atoms with Gasteiger partial charge in [0, 0.05) is 38.7 Å². The number of nitrogens with one attached hydrogen (secondary N) is 1. The molecule has 1 aliphatic carbocycles. The molecule has 1 saturated heterocycles. The number of nitrogens with zero attached hydrogens (tertiary/aromatic N) is 1. The zero-order valence-electron chi connectivity index (χ0n) is 13.6. The van der Waals surface area contributed by atoms with Gasteiger partial charge in [-0.2, -0.15) is 0 Å². The van der Waals surface area contributed by atoms with Crippen LogP contribution < -0.4 is 5.32 Å². The first-order valence-electron chi connectivity index (χ1n) is 8.87. The van der Waals surface area contributed by atoms with Crippen molar-refractivity contribution in [3.8, 4) is 0 Å². The fourth-order valence-electron chi connectivity index (χ4n) is 3.58. The normalized spacial score (nSPS) is 22.3. The number of hydrogen-bond acceptors (Lipinski definition) is 3. The molecule has 0 aromatic carbocycles. The van der Waals surface area contributed by atoms with Crippen LogP contribution in [-0.2, 0) is 9.53 Å². The molecule has 0 bridgehead atoms. The molecule has 0 radical (unpaired) electrons. The number of likely N-dealkylation sites (tertiary alicyclic amines) is 1. The second kappa shape index (κ2) is 9.42. The Hall–Kier alpha value is -0.610. The van der Waals surface area contributed by atoms with Crippen LogP contribution in [0.4, 0.5) is 0 Å². The molecule has 4 heteroatoms. The van der Waals surface area contributed by atoms with Gasteiger partial charge in [-0.3, -0.25) is 4.79 Å². The second-order valence-corrected chi connectivity index (χ2v) is 6.59. The van der Waals surface area contributed by atoms with Crippen molar-refractivity contribution in [2.75, 3.05) is 32.8 Å². The summed E-state index contributed by atoms with van der Waals surface area (Å²) in [4.78, 5) is 14.6. The number of amides is 1. The Bertz CT molecular complexity index is 295. The van der Waals surface area contributed by atoms with Gasteiger partial charge < -0.3 is 15.0 Å². The summed E-state index contributed by atoms with van der Waals surface area (Å²) in [7, 11) is 0. The largest absolute Gasteiger partial charge is 0.380 e. The third kappa shape index (κ3) is 6.35. The van der Waals surface area contributed by atoms with Gasteiger partial charge >= 0.3 is 0 Å². The van der Waals surface area contributed by atoms with E-state index < -0.39 is 0 Å². The molecule has 0 atom stereocenters. The number of carbonyl (C=O) groups excluding carboxylic acids is 1. The molecule has 2 rings (SSSR count). The molecular weight excluding hydrogens is 264 g/mol. The predicted octanol–water partition coefficient (Wildman–Crippen LogP) is 2.57. The fourth-order valence-corrected chi connectivity index (χ4v) is 3.58. The topological polar surface area (TPSA) is 41.6 Å². The first-order chi connectivity index (χ1) is 10.3. The van der Waals surface area contributed by atoms with Crippen LogP contribution >= 0.6 is 0 Å². The average Bonchev–Trinajstić information content (AvgIpc) is 2.50. The standard InChI is InChI=1S/C17H32N2O2/c1-2-21-13-12-19-10-8-16(9-11-19)18-17(20)14-15-6-4-3-5-7-15/h15-16H,2-14H2,1H3,(H,18,20). The fraction of sp³-hybridized carbons (Fsp3) is 0.941. The first kappa shape index (κ1) is 16.8. The van der Waals surface area contributed by atoms with Crippen LogP contribution in [0.1, 0.15) is 58.3 Å². The van der Waals surface area contributed by atoms with Crippen molar-refractivity contribution in [1.29, 1.82) is 0 Å². The molecule has 0 aromatic rings. The van der Waals surface area contributed by atoms with E-state index in [9.17, 15) is 4.79 Å². The van der Waals surface area contributed by atoms with Crippen molar-refractivity contribution in [2.45, 2.75) is 64.3 Å². The van der Waals surface area contributed by atoms with Gasteiger partial charge in [0.15, 0.2) is 0 Å². The lowest BCUT2D eigenvalue weighted by Gasteiger charge is -2.32. The van der Waals surface area contributed by atoms with Crippen molar-refractivity contribution in [1.82, 2.24) is 10.2 Å². The Kier molecular flexibility index (Phi) is 7.51. The maximum absolute atomic E-state index is 12.1. The van der Waals surface area contributed by atoms with Crippen molar-refractivity contribution in [3.63, 3.8) is 0 Å². The Balaban J connectivity index is 1.58. The zero-order chi connectivity index (χ0) is 14.9. The van der Waals surface area contributed by atoms with E-state index in [2.05, 4.69) is 10.2 Å². The van der Waals surface area contributed by atoms with Gasteiger partial charge in [0.05, 0.1) is 6.61 Å². The second-order valence-electron chi connectivity index (χ2n) is 6.59. The number of hydrogen-bond donors (Lipinski definition) is 1. The summed E-state index contributed by atoms with van der Waals surface area (Å²) >= 11 is 0. The SMILES string of the molecule is CCOCCN1CCC(NC(=O)CC2CCCCC2)CC1. The van der Waals surface area contributed by atoms with Gasteiger partial charge in [-0.15, -0.1) is 0 Å². The van der Waals surface area contributed by atoms with Gasteiger partial charge in [0.1, 0.15) is 0 Å². The number of piperidine rings is 1. The highest BCUT2D eigenvalue weighted by atomic mass is 16.5. The van der Waals surface area contributed by atoms with Crippen molar-refractivity contribution in [2.24, 2.45) is 5.92 Å². The lowest BCUT2D eigenvalue weighted by molar-refractivity contribution is -0.123. The molecule has 0 unspecified atom stereocenters. The molecule has 1 amide bonds. The molecule has 4 nitrogen and oxygen atoms in total. The van der Waals surface area contributed by atoms with E-state index in [4.69, 9.17) is 4.74 Å². The lowest BCUT2D eigenvalue weighted by atomic mass is 9.86. The third-order valence-electron chi connectivity index (χ3n) is 4.91. The van der Waals surface area contributed by atoms with E-state index in [-0.39, 0.29) is 5.91 Å². The Morgan fingerprint density at radius 3 is 2.52 bits per heavy atom. The van der Waals surface area contributed by atoms with Crippen LogP contribution in [0.5, 0.6) is 0 Å². The minimum Gasteiger partial charge on any atom is -0.380 e. The maximum atomic E-state index is 12.1. The predicted molar refractivity (Wildman–Crippen MR) is 85.3 cm³/mol. The summed E-state index contributed by atoms with van der Waals surface area (Å²) in [6.07, 6.45) is 9.42. The minimum absolute atomic E-state index is 0.287. The Morgan fingerprint density at radius 1 is 1.14 bits per heavy atom. The quantitative estimate of drug-likeness (QED) is 0.734. The summed E-state index contributed by atoms with van der Waals surface area (Å²) < 4.78 is 5.40.